The Morgan fingerprint density at radius 1 is 0.970 bits per heavy atom. The van der Waals surface area contributed by atoms with Crippen LogP contribution in [0.4, 0.5) is 24.5 Å². The van der Waals surface area contributed by atoms with Crippen molar-refractivity contribution in [3.63, 3.8) is 0 Å². The van der Waals surface area contributed by atoms with Gasteiger partial charge in [-0.1, -0.05) is 36.4 Å². The van der Waals surface area contributed by atoms with Crippen LogP contribution in [0.3, 0.4) is 0 Å². The molecule has 1 amide bonds. The van der Waals surface area contributed by atoms with Crippen LogP contribution in [0, 0.1) is 0 Å². The number of anilines is 2. The number of carbonyl (C=O) groups excluding carboxylic acids is 1. The SMILES string of the molecule is CCOc1ccccc1C(=O)Nc1ccccc1CNc1cccc(S(=O)(=O)C(F)(F)F)c1. The van der Waals surface area contributed by atoms with E-state index in [0.29, 0.717) is 29.2 Å². The van der Waals surface area contributed by atoms with Crippen molar-refractivity contribution in [2.24, 2.45) is 0 Å². The van der Waals surface area contributed by atoms with Crippen LogP contribution in [0.15, 0.2) is 77.7 Å². The predicted molar refractivity (Wildman–Crippen MR) is 119 cm³/mol. The molecule has 3 rings (SSSR count). The van der Waals surface area contributed by atoms with E-state index in [1.165, 1.54) is 12.1 Å². The van der Waals surface area contributed by atoms with Gasteiger partial charge in [0.05, 0.1) is 17.1 Å². The summed E-state index contributed by atoms with van der Waals surface area (Å²) in [4.78, 5) is 11.9. The van der Waals surface area contributed by atoms with E-state index in [4.69, 9.17) is 4.74 Å². The molecule has 0 aliphatic heterocycles. The van der Waals surface area contributed by atoms with Crippen molar-refractivity contribution >= 4 is 27.1 Å². The third kappa shape index (κ3) is 5.64. The quantitative estimate of drug-likeness (QED) is 0.462. The second-order valence-corrected chi connectivity index (χ2v) is 8.81. The molecule has 3 aromatic carbocycles. The minimum absolute atomic E-state index is 0.124. The molecule has 0 unspecified atom stereocenters. The summed E-state index contributed by atoms with van der Waals surface area (Å²) in [7, 11) is -5.45. The maximum absolute atomic E-state index is 12.8. The first kappa shape index (κ1) is 24.1. The van der Waals surface area contributed by atoms with Gasteiger partial charge < -0.3 is 15.4 Å². The number of amides is 1. The standard InChI is InChI=1S/C23H21F3N2O4S/c1-2-32-21-13-6-4-11-19(21)22(29)28-20-12-5-3-8-16(20)15-27-17-9-7-10-18(14-17)33(30,31)23(24,25)26/h3-14,27H,2,15H2,1H3,(H,28,29). The van der Waals surface area contributed by atoms with Gasteiger partial charge >= 0.3 is 5.51 Å². The van der Waals surface area contributed by atoms with Crippen LogP contribution in [0.25, 0.3) is 0 Å². The molecule has 0 bridgehead atoms. The number of para-hydroxylation sites is 2. The van der Waals surface area contributed by atoms with Crippen LogP contribution in [0.2, 0.25) is 0 Å². The van der Waals surface area contributed by atoms with E-state index in [9.17, 15) is 26.4 Å². The fourth-order valence-electron chi connectivity index (χ4n) is 3.03. The molecule has 174 valence electrons. The lowest BCUT2D eigenvalue weighted by Crippen LogP contribution is -2.23. The largest absolute Gasteiger partial charge is 0.501 e. The molecule has 33 heavy (non-hydrogen) atoms. The highest BCUT2D eigenvalue weighted by Gasteiger charge is 2.46. The minimum Gasteiger partial charge on any atom is -0.493 e. The molecule has 0 aliphatic rings. The lowest BCUT2D eigenvalue weighted by atomic mass is 10.1. The topological polar surface area (TPSA) is 84.5 Å². The van der Waals surface area contributed by atoms with Crippen LogP contribution in [-0.2, 0) is 16.4 Å². The van der Waals surface area contributed by atoms with Gasteiger partial charge in [-0.05, 0) is 48.9 Å². The normalized spacial score (nSPS) is 11.6. The highest BCUT2D eigenvalue weighted by molar-refractivity contribution is 7.92. The summed E-state index contributed by atoms with van der Waals surface area (Å²) >= 11 is 0. The van der Waals surface area contributed by atoms with E-state index in [0.717, 1.165) is 12.1 Å². The molecule has 0 saturated heterocycles. The molecule has 0 fully saturated rings. The zero-order valence-corrected chi connectivity index (χ0v) is 18.3. The molecular formula is C23H21F3N2O4S. The summed E-state index contributed by atoms with van der Waals surface area (Å²) in [6, 6.07) is 18.2. The van der Waals surface area contributed by atoms with Crippen LogP contribution in [-0.4, -0.2) is 26.4 Å². The van der Waals surface area contributed by atoms with Gasteiger partial charge in [0.25, 0.3) is 15.7 Å². The van der Waals surface area contributed by atoms with Crippen molar-refractivity contribution in [1.82, 2.24) is 0 Å². The molecule has 2 N–H and O–H groups in total. The van der Waals surface area contributed by atoms with Crippen LogP contribution >= 0.6 is 0 Å². The average molecular weight is 478 g/mol. The molecule has 0 aliphatic carbocycles. The lowest BCUT2D eigenvalue weighted by Gasteiger charge is -2.15. The van der Waals surface area contributed by atoms with Gasteiger partial charge in [-0.3, -0.25) is 4.79 Å². The number of nitrogens with one attached hydrogen (secondary N) is 2. The number of halogens is 3. The van der Waals surface area contributed by atoms with E-state index >= 15 is 0 Å². The third-order valence-electron chi connectivity index (χ3n) is 4.63. The number of hydrogen-bond donors (Lipinski definition) is 2. The van der Waals surface area contributed by atoms with E-state index in [1.807, 2.05) is 6.92 Å². The van der Waals surface area contributed by atoms with Crippen molar-refractivity contribution in [3.8, 4) is 5.75 Å². The van der Waals surface area contributed by atoms with Gasteiger partial charge in [0.1, 0.15) is 5.75 Å². The second-order valence-electron chi connectivity index (χ2n) is 6.87. The first-order valence-corrected chi connectivity index (χ1v) is 11.4. The van der Waals surface area contributed by atoms with E-state index in [2.05, 4.69) is 10.6 Å². The first-order valence-electron chi connectivity index (χ1n) is 9.90. The zero-order valence-electron chi connectivity index (χ0n) is 17.5. The Kier molecular flexibility index (Phi) is 7.27. The summed E-state index contributed by atoms with van der Waals surface area (Å²) < 4.78 is 67.3. The summed E-state index contributed by atoms with van der Waals surface area (Å²) in [5, 5.41) is 5.72. The van der Waals surface area contributed by atoms with Gasteiger partial charge in [-0.2, -0.15) is 13.2 Å². The smallest absolute Gasteiger partial charge is 0.493 e. The zero-order chi connectivity index (χ0) is 24.1. The van der Waals surface area contributed by atoms with E-state index < -0.39 is 20.2 Å². The van der Waals surface area contributed by atoms with Crippen LogP contribution in [0.5, 0.6) is 5.75 Å². The van der Waals surface area contributed by atoms with Crippen molar-refractivity contribution in [2.45, 2.75) is 23.9 Å². The van der Waals surface area contributed by atoms with E-state index in [-0.39, 0.29) is 18.1 Å². The Morgan fingerprint density at radius 3 is 2.39 bits per heavy atom. The number of sulfone groups is 1. The van der Waals surface area contributed by atoms with Gasteiger partial charge in [0.2, 0.25) is 0 Å². The van der Waals surface area contributed by atoms with Gasteiger partial charge in [-0.15, -0.1) is 0 Å². The third-order valence-corrected chi connectivity index (χ3v) is 6.11. The van der Waals surface area contributed by atoms with Crippen LogP contribution in [0.1, 0.15) is 22.8 Å². The Hall–Kier alpha value is -3.53. The molecular weight excluding hydrogens is 457 g/mol. The van der Waals surface area contributed by atoms with Gasteiger partial charge in [-0.25, -0.2) is 8.42 Å². The predicted octanol–water partition coefficient (Wildman–Crippen LogP) is 5.24. The van der Waals surface area contributed by atoms with Crippen LogP contribution < -0.4 is 15.4 Å². The fourth-order valence-corrected chi connectivity index (χ4v) is 3.83. The number of hydrogen-bond acceptors (Lipinski definition) is 5. The molecule has 0 atom stereocenters. The second kappa shape index (κ2) is 9.95. The summed E-state index contributed by atoms with van der Waals surface area (Å²) in [5.74, 6) is 0.0561. The number of carbonyl (C=O) groups is 1. The molecule has 0 spiro atoms. The number of ether oxygens (including phenoxy) is 1. The molecule has 0 heterocycles. The maximum atomic E-state index is 12.8. The fraction of sp³-hybridized carbons (Fsp3) is 0.174. The summed E-state index contributed by atoms with van der Waals surface area (Å²) in [6.07, 6.45) is 0. The maximum Gasteiger partial charge on any atom is 0.501 e. The number of rotatable bonds is 8. The summed E-state index contributed by atoms with van der Waals surface area (Å²) in [5.41, 5.74) is -3.72. The number of benzene rings is 3. The monoisotopic (exact) mass is 478 g/mol. The summed E-state index contributed by atoms with van der Waals surface area (Å²) in [6.45, 7) is 2.33. The van der Waals surface area contributed by atoms with Crippen molar-refractivity contribution in [2.75, 3.05) is 17.2 Å². The van der Waals surface area contributed by atoms with Gasteiger partial charge in [0.15, 0.2) is 0 Å². The van der Waals surface area contributed by atoms with E-state index in [1.54, 1.807) is 48.5 Å². The van der Waals surface area contributed by atoms with Gasteiger partial charge in [0, 0.05) is 17.9 Å². The number of alkyl halides is 3. The molecule has 0 radical (unpaired) electrons. The average Bonchev–Trinajstić information content (AvgIpc) is 2.78. The van der Waals surface area contributed by atoms with Crippen molar-refractivity contribution < 1.29 is 31.1 Å². The highest BCUT2D eigenvalue weighted by atomic mass is 32.2. The Morgan fingerprint density at radius 2 is 1.67 bits per heavy atom. The minimum atomic E-state index is -5.45. The molecule has 6 nitrogen and oxygen atoms in total. The Labute approximate surface area is 189 Å². The Bertz CT molecular complexity index is 1240. The Balaban J connectivity index is 1.78. The molecule has 0 saturated carbocycles. The molecule has 3 aromatic rings. The van der Waals surface area contributed by atoms with Crippen molar-refractivity contribution in [1.29, 1.82) is 0 Å². The highest BCUT2D eigenvalue weighted by Crippen LogP contribution is 2.31. The molecule has 0 aromatic heterocycles. The van der Waals surface area contributed by atoms with Crippen molar-refractivity contribution in [3.05, 3.63) is 83.9 Å². The molecule has 10 heteroatoms. The lowest BCUT2D eigenvalue weighted by molar-refractivity contribution is -0.0436. The first-order chi connectivity index (χ1) is 15.6.